The van der Waals surface area contributed by atoms with Gasteiger partial charge in [0, 0.05) is 0 Å². The van der Waals surface area contributed by atoms with Crippen LogP contribution in [-0.4, -0.2) is 90.1 Å². The number of hydrogen-bond donors (Lipinski definition) is 3. The van der Waals surface area contributed by atoms with Crippen molar-refractivity contribution in [1.82, 2.24) is 5.32 Å². The Bertz CT molecular complexity index is 2130. The molecule has 0 bridgehead atoms. The number of carbonyl (C=O) groups is 4. The van der Waals surface area contributed by atoms with Crippen LogP contribution in [0.5, 0.6) is 0 Å². The third kappa shape index (κ3) is 29.6. The molecule has 0 radical (unpaired) electrons. The van der Waals surface area contributed by atoms with E-state index in [-0.39, 0.29) is 17.7 Å². The number of rotatable bonds is 46. The molecule has 0 aromatic heterocycles. The van der Waals surface area contributed by atoms with Crippen molar-refractivity contribution in [2.45, 2.75) is 262 Å². The maximum Gasteiger partial charge on any atom is 0.338 e. The zero-order valence-corrected chi connectivity index (χ0v) is 49.6. The minimum absolute atomic E-state index is 0.177. The highest BCUT2D eigenvalue weighted by Crippen LogP contribution is 2.29. The number of aliphatic hydroxyl groups is 2. The molecular weight excluding hydrogens is 1020 g/mol. The maximum atomic E-state index is 13.9. The van der Waals surface area contributed by atoms with Crippen molar-refractivity contribution in [2.75, 3.05) is 13.2 Å². The minimum atomic E-state index is -1.65. The molecule has 0 aliphatic carbocycles. The van der Waals surface area contributed by atoms with E-state index >= 15 is 0 Å². The Hall–Kier alpha value is -5.14. The third-order valence-corrected chi connectivity index (χ3v) is 15.3. The van der Waals surface area contributed by atoms with Gasteiger partial charge in [0.1, 0.15) is 18.3 Å². The number of allylic oxidation sites excluding steroid dienone is 2. The number of carbonyl (C=O) groups excluding carboxylic acids is 4. The second-order valence-corrected chi connectivity index (χ2v) is 22.2. The Labute approximate surface area is 487 Å². The average Bonchev–Trinajstić information content (AvgIpc) is 3.68. The highest BCUT2D eigenvalue weighted by molar-refractivity contribution is 5.91. The lowest BCUT2D eigenvalue weighted by atomic mass is 9.98. The van der Waals surface area contributed by atoms with E-state index in [1.165, 1.54) is 160 Å². The van der Waals surface area contributed by atoms with Crippen LogP contribution in [0.4, 0.5) is 0 Å². The fourth-order valence-electron chi connectivity index (χ4n) is 10.3. The van der Waals surface area contributed by atoms with Crippen molar-refractivity contribution in [1.29, 1.82) is 0 Å². The fourth-order valence-corrected chi connectivity index (χ4v) is 10.3. The smallest absolute Gasteiger partial charge is 0.338 e. The number of hydrogen-bond acceptors (Lipinski definition) is 11. The highest BCUT2D eigenvalue weighted by atomic mass is 16.7. The molecule has 7 atom stereocenters. The van der Waals surface area contributed by atoms with Gasteiger partial charge in [0.05, 0.1) is 35.9 Å². The van der Waals surface area contributed by atoms with Gasteiger partial charge in [-0.3, -0.25) is 4.79 Å². The van der Waals surface area contributed by atoms with Gasteiger partial charge in [0.25, 0.3) is 0 Å². The van der Waals surface area contributed by atoms with Crippen LogP contribution in [0, 0.1) is 0 Å². The van der Waals surface area contributed by atoms with Crippen LogP contribution in [0.25, 0.3) is 0 Å². The van der Waals surface area contributed by atoms with Gasteiger partial charge in [-0.2, -0.15) is 0 Å². The second kappa shape index (κ2) is 44.4. The predicted molar refractivity (Wildman–Crippen MR) is 324 cm³/mol. The van der Waals surface area contributed by atoms with Crippen LogP contribution in [0.15, 0.2) is 115 Å². The predicted octanol–water partition coefficient (Wildman–Crippen LogP) is 15.9. The molecule has 1 amide bonds. The Kier molecular flexibility index (Phi) is 37.5. The summed E-state index contributed by atoms with van der Waals surface area (Å²) in [6.07, 6.45) is 37.9. The monoisotopic (exact) mass is 1120 g/mol. The summed E-state index contributed by atoms with van der Waals surface area (Å²) in [6.45, 7) is 3.44. The first-order valence-corrected chi connectivity index (χ1v) is 31.7. The summed E-state index contributed by atoms with van der Waals surface area (Å²) < 4.78 is 30.7. The third-order valence-electron chi connectivity index (χ3n) is 15.3. The van der Waals surface area contributed by atoms with E-state index in [9.17, 15) is 29.4 Å². The summed E-state index contributed by atoms with van der Waals surface area (Å²) >= 11 is 0. The van der Waals surface area contributed by atoms with Crippen LogP contribution in [-0.2, 0) is 28.5 Å². The second-order valence-electron chi connectivity index (χ2n) is 22.2. The lowest BCUT2D eigenvalue weighted by Gasteiger charge is -2.43. The summed E-state index contributed by atoms with van der Waals surface area (Å²) in [5.41, 5.74) is 0.672. The normalized spacial score (nSPS) is 18.0. The van der Waals surface area contributed by atoms with Crippen LogP contribution >= 0.6 is 0 Å². The van der Waals surface area contributed by atoms with E-state index in [0.717, 1.165) is 44.9 Å². The molecule has 3 aromatic rings. The fraction of sp³-hybridized carbons (Fsp3) is 0.623. The molecule has 1 heterocycles. The average molecular weight is 1120 g/mol. The van der Waals surface area contributed by atoms with E-state index in [1.807, 2.05) is 12.2 Å². The molecule has 1 aliphatic heterocycles. The molecule has 0 spiro atoms. The van der Waals surface area contributed by atoms with Crippen molar-refractivity contribution in [2.24, 2.45) is 0 Å². The van der Waals surface area contributed by atoms with Crippen molar-refractivity contribution < 1.29 is 53.1 Å². The zero-order chi connectivity index (χ0) is 57.8. The van der Waals surface area contributed by atoms with Crippen LogP contribution in [0.1, 0.15) is 250 Å². The Balaban J connectivity index is 1.43. The summed E-state index contributed by atoms with van der Waals surface area (Å²) in [6, 6.07) is 23.9. The number of nitrogens with one attached hydrogen (secondary N) is 1. The highest BCUT2D eigenvalue weighted by Gasteiger charge is 2.51. The molecule has 81 heavy (non-hydrogen) atoms. The van der Waals surface area contributed by atoms with Gasteiger partial charge in [-0.05, 0) is 74.2 Å². The van der Waals surface area contributed by atoms with Crippen LogP contribution in [0.2, 0.25) is 0 Å². The van der Waals surface area contributed by atoms with E-state index < -0.39 is 73.3 Å². The van der Waals surface area contributed by atoms with Gasteiger partial charge in [-0.15, -0.1) is 0 Å². The number of amides is 1. The number of aliphatic hydroxyl groups excluding tert-OH is 2. The van der Waals surface area contributed by atoms with Gasteiger partial charge in [0.2, 0.25) is 5.91 Å². The number of benzene rings is 3. The standard InChI is InChI=1S/C69H103NO11/c1-3-5-7-9-11-13-15-17-18-19-20-21-22-23-24-26-28-30-32-34-45-53-62(72)70-59(60(78-66(74)56-46-38-35-39-47-56)52-44-33-31-29-27-25-16-14-12-10-8-6-4-2)55-77-69-65(81-68(76)58-50-42-37-43-51-58)64(63(73)61(54-71)79-69)80-67(75)57-48-40-36-41-49-57/h35-53,59-61,63-65,69,71,73H,3-34,54-55H2,1-2H3,(H,70,72)/t59-,60+,61+,63-,64-,65+,69-/m0/s1. The SMILES string of the molecule is CCCCCCCCCCCCCC=C[C@@H](OC(=O)c1ccccc1)[C@H](CO[C@H]1O[C@H](CO)[C@H](O)[C@H](OC(=O)c2ccccc2)[C@H]1OC(=O)c1ccccc1)NC(=O)C=CCCCCCCCCCCCCCCCCCCCCC. The first-order valence-electron chi connectivity index (χ1n) is 31.7. The van der Waals surface area contributed by atoms with Gasteiger partial charge in [-0.1, -0.05) is 260 Å². The lowest BCUT2D eigenvalue weighted by Crippen LogP contribution is -2.62. The zero-order valence-electron chi connectivity index (χ0n) is 49.6. The number of unbranched alkanes of at least 4 members (excludes halogenated alkanes) is 30. The van der Waals surface area contributed by atoms with E-state index in [4.69, 9.17) is 23.7 Å². The molecule has 12 nitrogen and oxygen atoms in total. The Morgan fingerprint density at radius 3 is 1.28 bits per heavy atom. The largest absolute Gasteiger partial charge is 0.452 e. The first kappa shape index (κ1) is 68.4. The van der Waals surface area contributed by atoms with E-state index in [1.54, 1.807) is 97.1 Å². The lowest BCUT2D eigenvalue weighted by molar-refractivity contribution is -0.300. The number of esters is 3. The molecule has 1 fully saturated rings. The summed E-state index contributed by atoms with van der Waals surface area (Å²) in [5.74, 6) is -2.67. The Morgan fingerprint density at radius 2 is 0.877 bits per heavy atom. The molecular formula is C69H103NO11. The van der Waals surface area contributed by atoms with Gasteiger partial charge in [-0.25, -0.2) is 14.4 Å². The van der Waals surface area contributed by atoms with Gasteiger partial charge >= 0.3 is 17.9 Å². The van der Waals surface area contributed by atoms with Gasteiger partial charge < -0.3 is 39.2 Å². The molecule has 12 heteroatoms. The summed E-state index contributed by atoms with van der Waals surface area (Å²) in [5, 5.41) is 25.1. The maximum absolute atomic E-state index is 13.9. The van der Waals surface area contributed by atoms with Crippen LogP contribution < -0.4 is 5.32 Å². The molecule has 4 rings (SSSR count). The van der Waals surface area contributed by atoms with Crippen molar-refractivity contribution in [3.05, 3.63) is 132 Å². The van der Waals surface area contributed by atoms with Crippen molar-refractivity contribution >= 4 is 23.8 Å². The van der Waals surface area contributed by atoms with Crippen molar-refractivity contribution in [3.8, 4) is 0 Å². The quantitative estimate of drug-likeness (QED) is 0.0162. The van der Waals surface area contributed by atoms with Crippen molar-refractivity contribution in [3.63, 3.8) is 0 Å². The topological polar surface area (TPSA) is 167 Å². The molecule has 3 aromatic carbocycles. The van der Waals surface area contributed by atoms with E-state index in [0.29, 0.717) is 12.0 Å². The molecule has 1 aliphatic rings. The summed E-state index contributed by atoms with van der Waals surface area (Å²) in [7, 11) is 0. The molecule has 450 valence electrons. The summed E-state index contributed by atoms with van der Waals surface area (Å²) in [4.78, 5) is 55.1. The molecule has 0 saturated carbocycles. The Morgan fingerprint density at radius 1 is 0.506 bits per heavy atom. The molecule has 1 saturated heterocycles. The molecule has 3 N–H and O–H groups in total. The molecule has 0 unspecified atom stereocenters. The van der Waals surface area contributed by atoms with E-state index in [2.05, 4.69) is 19.2 Å². The minimum Gasteiger partial charge on any atom is -0.452 e. The van der Waals surface area contributed by atoms with Gasteiger partial charge in [0.15, 0.2) is 18.5 Å². The number of ether oxygens (including phenoxy) is 5. The first-order chi connectivity index (χ1) is 39.7. The van der Waals surface area contributed by atoms with Crippen LogP contribution in [0.3, 0.4) is 0 Å².